The molecule has 12 heavy (non-hydrogen) atoms. The summed E-state index contributed by atoms with van der Waals surface area (Å²) in [5.74, 6) is 0. The second kappa shape index (κ2) is 2.91. The van der Waals surface area contributed by atoms with Gasteiger partial charge in [0, 0.05) is 0 Å². The van der Waals surface area contributed by atoms with Crippen LogP contribution in [0.5, 0.6) is 5.06 Å². The van der Waals surface area contributed by atoms with Gasteiger partial charge in [-0.25, -0.2) is 0 Å². The van der Waals surface area contributed by atoms with Gasteiger partial charge in [0.1, 0.15) is 0 Å². The third kappa shape index (κ3) is 1.22. The van der Waals surface area contributed by atoms with Crippen LogP contribution in [0.2, 0.25) is 5.02 Å². The lowest BCUT2D eigenvalue weighted by Gasteiger charge is -1.94. The Balaban J connectivity index is 2.89. The van der Waals surface area contributed by atoms with Crippen LogP contribution in [-0.2, 0) is 0 Å². The van der Waals surface area contributed by atoms with Crippen LogP contribution in [0.25, 0.3) is 10.1 Å². The smallest absolute Gasteiger partial charge is 0.172 e. The Morgan fingerprint density at radius 3 is 2.92 bits per heavy atom. The second-order valence-corrected chi connectivity index (χ2v) is 4.60. The van der Waals surface area contributed by atoms with Gasteiger partial charge < -0.3 is 5.11 Å². The molecule has 0 aliphatic heterocycles. The summed E-state index contributed by atoms with van der Waals surface area (Å²) in [6, 6.07) is 5.42. The van der Waals surface area contributed by atoms with E-state index in [4.69, 9.17) is 11.6 Å². The number of rotatable bonds is 0. The van der Waals surface area contributed by atoms with Crippen molar-refractivity contribution in [1.29, 1.82) is 0 Å². The van der Waals surface area contributed by atoms with Crippen molar-refractivity contribution in [3.8, 4) is 5.06 Å². The Bertz CT molecular complexity index is 438. The molecular formula is C8H4BrClOS. The van der Waals surface area contributed by atoms with Crippen molar-refractivity contribution >= 4 is 49.0 Å². The number of thiophene rings is 1. The largest absolute Gasteiger partial charge is 0.499 e. The fraction of sp³-hybridized carbons (Fsp3) is 0. The molecule has 0 saturated carbocycles. The molecule has 1 heterocycles. The number of fused-ring (bicyclic) bond motifs is 1. The molecule has 0 aliphatic rings. The third-order valence-electron chi connectivity index (χ3n) is 1.57. The van der Waals surface area contributed by atoms with Crippen molar-refractivity contribution in [2.24, 2.45) is 0 Å². The molecule has 2 aromatic rings. The maximum atomic E-state index is 9.23. The normalized spacial score (nSPS) is 10.8. The lowest BCUT2D eigenvalue weighted by atomic mass is 10.3. The molecule has 0 spiro atoms. The molecule has 1 nitrogen and oxygen atoms in total. The Labute approximate surface area is 86.7 Å². The topological polar surface area (TPSA) is 20.2 Å². The zero-order valence-electron chi connectivity index (χ0n) is 5.84. The van der Waals surface area contributed by atoms with E-state index in [0.29, 0.717) is 10.1 Å². The van der Waals surface area contributed by atoms with E-state index < -0.39 is 0 Å². The van der Waals surface area contributed by atoms with Crippen LogP contribution in [0.1, 0.15) is 0 Å². The minimum atomic E-state index is 0.313. The average Bonchev–Trinajstić information content (AvgIpc) is 2.39. The summed E-state index contributed by atoms with van der Waals surface area (Å²) >= 11 is 10.6. The second-order valence-electron chi connectivity index (χ2n) is 2.36. The number of hydrogen-bond acceptors (Lipinski definition) is 2. The van der Waals surface area contributed by atoms with E-state index in [1.54, 1.807) is 12.1 Å². The van der Waals surface area contributed by atoms with Gasteiger partial charge in [-0.05, 0) is 33.4 Å². The lowest BCUT2D eigenvalue weighted by molar-refractivity contribution is 0.491. The van der Waals surface area contributed by atoms with Crippen LogP contribution in [0.4, 0.5) is 0 Å². The van der Waals surface area contributed by atoms with Crippen molar-refractivity contribution in [3.63, 3.8) is 0 Å². The molecule has 1 N–H and O–H groups in total. The maximum absolute atomic E-state index is 9.23. The number of benzene rings is 1. The fourth-order valence-electron chi connectivity index (χ4n) is 1.03. The number of halogens is 2. The average molecular weight is 264 g/mol. The zero-order valence-corrected chi connectivity index (χ0v) is 9.00. The van der Waals surface area contributed by atoms with Crippen LogP contribution in [0.15, 0.2) is 22.7 Å². The molecule has 0 aliphatic carbocycles. The number of aromatic hydroxyl groups is 1. The van der Waals surface area contributed by atoms with Crippen molar-refractivity contribution in [2.75, 3.05) is 0 Å². The van der Waals surface area contributed by atoms with Gasteiger partial charge in [-0.3, -0.25) is 0 Å². The summed E-state index contributed by atoms with van der Waals surface area (Å²) in [4.78, 5) is 0. The first-order chi connectivity index (χ1) is 5.68. The predicted octanol–water partition coefficient (Wildman–Crippen LogP) is 4.02. The minimum absolute atomic E-state index is 0.313. The molecule has 2 rings (SSSR count). The van der Waals surface area contributed by atoms with Crippen LogP contribution < -0.4 is 0 Å². The fourth-order valence-corrected chi connectivity index (χ4v) is 2.69. The van der Waals surface area contributed by atoms with Gasteiger partial charge in [0.15, 0.2) is 5.06 Å². The summed E-state index contributed by atoms with van der Waals surface area (Å²) in [6.45, 7) is 0. The summed E-state index contributed by atoms with van der Waals surface area (Å²) in [5, 5.41) is 11.2. The van der Waals surface area contributed by atoms with E-state index in [1.807, 2.05) is 6.07 Å². The van der Waals surface area contributed by atoms with Gasteiger partial charge in [0.25, 0.3) is 0 Å². The minimum Gasteiger partial charge on any atom is -0.499 e. The Kier molecular flexibility index (Phi) is 2.02. The molecule has 62 valence electrons. The van der Waals surface area contributed by atoms with Gasteiger partial charge >= 0.3 is 0 Å². The van der Waals surface area contributed by atoms with Crippen molar-refractivity contribution in [2.45, 2.75) is 0 Å². The molecule has 0 radical (unpaired) electrons. The Morgan fingerprint density at radius 2 is 2.17 bits per heavy atom. The highest BCUT2D eigenvalue weighted by molar-refractivity contribution is 9.10. The van der Waals surface area contributed by atoms with Crippen LogP contribution in [0.3, 0.4) is 0 Å². The Hall–Kier alpha value is -0.250. The quantitative estimate of drug-likeness (QED) is 0.761. The van der Waals surface area contributed by atoms with E-state index in [1.165, 1.54) is 11.3 Å². The SMILES string of the molecule is Oc1cc2ccc(Cl)c(Br)c2s1. The summed E-state index contributed by atoms with van der Waals surface area (Å²) in [5.41, 5.74) is 0. The summed E-state index contributed by atoms with van der Waals surface area (Å²) < 4.78 is 1.84. The van der Waals surface area contributed by atoms with E-state index in [0.717, 1.165) is 14.6 Å². The molecule has 0 unspecified atom stereocenters. The van der Waals surface area contributed by atoms with Gasteiger partial charge in [0.2, 0.25) is 0 Å². The van der Waals surface area contributed by atoms with Gasteiger partial charge in [-0.1, -0.05) is 29.0 Å². The van der Waals surface area contributed by atoms with Gasteiger partial charge in [0.05, 0.1) is 14.2 Å². The van der Waals surface area contributed by atoms with Crippen LogP contribution >= 0.6 is 38.9 Å². The van der Waals surface area contributed by atoms with Crippen molar-refractivity contribution < 1.29 is 5.11 Å². The van der Waals surface area contributed by atoms with Gasteiger partial charge in [-0.2, -0.15) is 0 Å². The van der Waals surface area contributed by atoms with Crippen molar-refractivity contribution in [3.05, 3.63) is 27.7 Å². The molecule has 1 aromatic heterocycles. The van der Waals surface area contributed by atoms with E-state index >= 15 is 0 Å². The third-order valence-corrected chi connectivity index (χ3v) is 4.17. The molecule has 1 aromatic carbocycles. The molecule has 0 atom stereocenters. The van der Waals surface area contributed by atoms with E-state index in [-0.39, 0.29) is 0 Å². The molecule has 4 heteroatoms. The standard InChI is InChI=1S/C8H4BrClOS/c9-7-5(10)2-1-4-3-6(11)12-8(4)7/h1-3,11H. The highest BCUT2D eigenvalue weighted by atomic mass is 79.9. The molecular weight excluding hydrogens is 260 g/mol. The first-order valence-electron chi connectivity index (χ1n) is 3.25. The summed E-state index contributed by atoms with van der Waals surface area (Å²) in [6.07, 6.45) is 0. The Morgan fingerprint density at radius 1 is 1.42 bits per heavy atom. The number of hydrogen-bond donors (Lipinski definition) is 1. The van der Waals surface area contributed by atoms with Crippen LogP contribution in [-0.4, -0.2) is 5.11 Å². The molecule has 0 amide bonds. The maximum Gasteiger partial charge on any atom is 0.172 e. The first kappa shape index (κ1) is 8.35. The monoisotopic (exact) mass is 262 g/mol. The van der Waals surface area contributed by atoms with Crippen molar-refractivity contribution in [1.82, 2.24) is 0 Å². The predicted molar refractivity (Wildman–Crippen MR) is 56.2 cm³/mol. The van der Waals surface area contributed by atoms with Crippen LogP contribution in [0, 0.1) is 0 Å². The van der Waals surface area contributed by atoms with E-state index in [9.17, 15) is 5.11 Å². The highest BCUT2D eigenvalue weighted by Gasteiger charge is 2.06. The zero-order chi connectivity index (χ0) is 8.72. The highest BCUT2D eigenvalue weighted by Crippen LogP contribution is 2.39. The molecule has 0 saturated heterocycles. The molecule has 0 fully saturated rings. The van der Waals surface area contributed by atoms with Gasteiger partial charge in [-0.15, -0.1) is 0 Å². The molecule has 0 bridgehead atoms. The lowest BCUT2D eigenvalue weighted by Crippen LogP contribution is -1.67. The van der Waals surface area contributed by atoms with E-state index in [2.05, 4.69) is 15.9 Å². The summed E-state index contributed by atoms with van der Waals surface area (Å²) in [7, 11) is 0. The first-order valence-corrected chi connectivity index (χ1v) is 5.24.